The van der Waals surface area contributed by atoms with Gasteiger partial charge >= 0.3 is 0 Å². The van der Waals surface area contributed by atoms with Crippen LogP contribution >= 0.6 is 15.9 Å². The minimum absolute atomic E-state index is 0.201. The van der Waals surface area contributed by atoms with E-state index in [1.54, 1.807) is 0 Å². The quantitative estimate of drug-likeness (QED) is 0.713. The number of unbranched alkanes of at least 4 members (excludes halogenated alkanes) is 1. The van der Waals surface area contributed by atoms with Gasteiger partial charge in [0.05, 0.1) is 15.9 Å². The number of carbonyl (C=O) groups excluding carboxylic acids is 1. The summed E-state index contributed by atoms with van der Waals surface area (Å²) in [7, 11) is 0. The molecule has 1 rings (SSSR count). The molecule has 19 heavy (non-hydrogen) atoms. The van der Waals surface area contributed by atoms with Crippen molar-refractivity contribution in [1.29, 1.82) is 0 Å². The van der Waals surface area contributed by atoms with Gasteiger partial charge in [0.2, 0.25) is 0 Å². The highest BCUT2D eigenvalue weighted by molar-refractivity contribution is 9.10. The van der Waals surface area contributed by atoms with Crippen LogP contribution in [-0.4, -0.2) is 15.6 Å². The molecule has 0 spiro atoms. The van der Waals surface area contributed by atoms with Gasteiger partial charge in [-0.15, -0.1) is 0 Å². The fourth-order valence-corrected chi connectivity index (χ4v) is 2.81. The first-order chi connectivity index (χ1) is 9.04. The van der Waals surface area contributed by atoms with Crippen LogP contribution < -0.4 is 0 Å². The zero-order valence-corrected chi connectivity index (χ0v) is 14.1. The highest BCUT2D eigenvalue weighted by Crippen LogP contribution is 2.24. The Hall–Kier alpha value is -0.640. The number of ketones is 1. The number of hydrogen-bond donors (Lipinski definition) is 0. The van der Waals surface area contributed by atoms with Gasteiger partial charge in [-0.1, -0.05) is 26.7 Å². The fourth-order valence-electron chi connectivity index (χ4n) is 2.39. The van der Waals surface area contributed by atoms with Crippen LogP contribution in [0.3, 0.4) is 0 Å². The Balaban J connectivity index is 2.80. The summed E-state index contributed by atoms with van der Waals surface area (Å²) in [6.07, 6.45) is 4.74. The van der Waals surface area contributed by atoms with Gasteiger partial charge in [-0.25, -0.2) is 0 Å². The molecule has 4 heteroatoms. The van der Waals surface area contributed by atoms with E-state index in [0.29, 0.717) is 12.2 Å². The van der Waals surface area contributed by atoms with Crippen molar-refractivity contribution in [3.63, 3.8) is 0 Å². The lowest BCUT2D eigenvalue weighted by atomic mass is 9.92. The van der Waals surface area contributed by atoms with Crippen LogP contribution in [0.25, 0.3) is 0 Å². The maximum Gasteiger partial charge on any atom is 0.141 e. The van der Waals surface area contributed by atoms with E-state index < -0.39 is 0 Å². The number of halogens is 1. The lowest BCUT2D eigenvalue weighted by Crippen LogP contribution is -2.18. The summed E-state index contributed by atoms with van der Waals surface area (Å²) >= 11 is 3.56. The van der Waals surface area contributed by atoms with Crippen molar-refractivity contribution < 1.29 is 4.79 Å². The number of nitrogens with zero attached hydrogens (tertiary/aromatic N) is 2. The monoisotopic (exact) mass is 328 g/mol. The predicted molar refractivity (Wildman–Crippen MR) is 82.4 cm³/mol. The average molecular weight is 329 g/mol. The minimum Gasteiger partial charge on any atom is -0.299 e. The van der Waals surface area contributed by atoms with Crippen molar-refractivity contribution in [3.8, 4) is 0 Å². The molecule has 1 atom stereocenters. The Kier molecular flexibility index (Phi) is 6.76. The smallest absolute Gasteiger partial charge is 0.141 e. The number of hydrogen-bond acceptors (Lipinski definition) is 2. The van der Waals surface area contributed by atoms with Crippen LogP contribution in [-0.2, 0) is 17.8 Å². The summed E-state index contributed by atoms with van der Waals surface area (Å²) in [6.45, 7) is 9.11. The van der Waals surface area contributed by atoms with E-state index >= 15 is 0 Å². The molecule has 0 bridgehead atoms. The van der Waals surface area contributed by atoms with Crippen molar-refractivity contribution in [2.75, 3.05) is 0 Å². The predicted octanol–water partition coefficient (Wildman–Crippen LogP) is 4.30. The lowest BCUT2D eigenvalue weighted by molar-refractivity contribution is -0.122. The molecule has 1 heterocycles. The van der Waals surface area contributed by atoms with Gasteiger partial charge in [-0.05, 0) is 42.6 Å². The maximum absolute atomic E-state index is 12.4. The Labute approximate surface area is 124 Å². The van der Waals surface area contributed by atoms with Crippen molar-refractivity contribution >= 4 is 21.7 Å². The number of Topliss-reactive ketones (excluding diaryl/α,β-unsaturated/α-hetero) is 1. The fraction of sp³-hybridized carbons (Fsp3) is 0.733. The molecule has 0 amide bonds. The van der Waals surface area contributed by atoms with Crippen LogP contribution in [0.15, 0.2) is 4.47 Å². The van der Waals surface area contributed by atoms with E-state index in [9.17, 15) is 4.79 Å². The van der Waals surface area contributed by atoms with Crippen molar-refractivity contribution in [1.82, 2.24) is 9.78 Å². The van der Waals surface area contributed by atoms with Crippen LogP contribution in [0, 0.1) is 12.8 Å². The van der Waals surface area contributed by atoms with Crippen LogP contribution in [0.1, 0.15) is 57.8 Å². The molecular formula is C15H25BrN2O. The van der Waals surface area contributed by atoms with Gasteiger partial charge in [-0.3, -0.25) is 9.48 Å². The summed E-state index contributed by atoms with van der Waals surface area (Å²) in [5, 5.41) is 4.45. The highest BCUT2D eigenvalue weighted by Gasteiger charge is 2.20. The number of aromatic nitrogens is 2. The van der Waals surface area contributed by atoms with Gasteiger partial charge in [0.1, 0.15) is 5.78 Å². The molecule has 0 N–H and O–H groups in total. The van der Waals surface area contributed by atoms with E-state index in [2.05, 4.69) is 41.8 Å². The van der Waals surface area contributed by atoms with Gasteiger partial charge in [-0.2, -0.15) is 5.10 Å². The molecule has 0 aliphatic carbocycles. The number of rotatable bonds is 8. The lowest BCUT2D eigenvalue weighted by Gasteiger charge is -2.14. The van der Waals surface area contributed by atoms with Crippen molar-refractivity contribution in [2.24, 2.45) is 5.92 Å². The SMILES string of the molecule is CCCCC(CC)C(=O)Cc1c(Br)c(C)nn1CC. The van der Waals surface area contributed by atoms with E-state index in [4.69, 9.17) is 0 Å². The first-order valence-corrected chi connectivity index (χ1v) is 8.08. The third-order valence-electron chi connectivity index (χ3n) is 3.65. The molecular weight excluding hydrogens is 304 g/mol. The molecule has 0 radical (unpaired) electrons. The van der Waals surface area contributed by atoms with Crippen LogP contribution in [0.2, 0.25) is 0 Å². The summed E-state index contributed by atoms with van der Waals surface area (Å²) in [6, 6.07) is 0. The molecule has 0 aliphatic rings. The Morgan fingerprint density at radius 3 is 2.58 bits per heavy atom. The molecule has 1 unspecified atom stereocenters. The molecule has 0 aromatic carbocycles. The summed E-state index contributed by atoms with van der Waals surface area (Å²) in [4.78, 5) is 12.4. The van der Waals surface area contributed by atoms with Crippen molar-refractivity contribution in [2.45, 2.75) is 66.3 Å². The second-order valence-corrected chi connectivity index (χ2v) is 5.85. The maximum atomic E-state index is 12.4. The molecule has 1 aromatic rings. The largest absolute Gasteiger partial charge is 0.299 e. The molecule has 0 aliphatic heterocycles. The van der Waals surface area contributed by atoms with Gasteiger partial charge in [0.25, 0.3) is 0 Å². The van der Waals surface area contributed by atoms with E-state index in [-0.39, 0.29) is 5.92 Å². The topological polar surface area (TPSA) is 34.9 Å². The Morgan fingerprint density at radius 1 is 1.37 bits per heavy atom. The second-order valence-electron chi connectivity index (χ2n) is 5.05. The van der Waals surface area contributed by atoms with Crippen LogP contribution in [0.5, 0.6) is 0 Å². The first kappa shape index (κ1) is 16.4. The second kappa shape index (κ2) is 7.83. The summed E-state index contributed by atoms with van der Waals surface area (Å²) < 4.78 is 2.93. The molecule has 0 fully saturated rings. The average Bonchev–Trinajstić information content (AvgIpc) is 2.67. The zero-order chi connectivity index (χ0) is 14.4. The third kappa shape index (κ3) is 4.16. The minimum atomic E-state index is 0.201. The molecule has 0 saturated carbocycles. The number of carbonyl (C=O) groups is 1. The Morgan fingerprint density at radius 2 is 2.05 bits per heavy atom. The Bertz CT molecular complexity index is 426. The van der Waals surface area contributed by atoms with E-state index in [0.717, 1.165) is 48.1 Å². The van der Waals surface area contributed by atoms with Gasteiger partial charge in [0.15, 0.2) is 0 Å². The van der Waals surface area contributed by atoms with Gasteiger partial charge < -0.3 is 0 Å². The van der Waals surface area contributed by atoms with Crippen LogP contribution in [0.4, 0.5) is 0 Å². The van der Waals surface area contributed by atoms with Crippen molar-refractivity contribution in [3.05, 3.63) is 15.9 Å². The molecule has 0 saturated heterocycles. The molecule has 108 valence electrons. The molecule has 1 aromatic heterocycles. The zero-order valence-electron chi connectivity index (χ0n) is 12.5. The molecule has 3 nitrogen and oxygen atoms in total. The first-order valence-electron chi connectivity index (χ1n) is 7.29. The standard InChI is InChI=1S/C15H25BrN2O/c1-5-8-9-12(6-2)14(19)10-13-15(16)11(4)17-18(13)7-3/h12H,5-10H2,1-4H3. The summed E-state index contributed by atoms with van der Waals surface area (Å²) in [5.41, 5.74) is 1.99. The normalized spacial score (nSPS) is 12.7. The number of aryl methyl sites for hydroxylation is 2. The summed E-state index contributed by atoms with van der Waals surface area (Å²) in [5.74, 6) is 0.554. The van der Waals surface area contributed by atoms with E-state index in [1.165, 1.54) is 0 Å². The third-order valence-corrected chi connectivity index (χ3v) is 4.68. The van der Waals surface area contributed by atoms with Gasteiger partial charge in [0, 0.05) is 18.9 Å². The highest BCUT2D eigenvalue weighted by atomic mass is 79.9. The van der Waals surface area contributed by atoms with E-state index in [1.807, 2.05) is 11.6 Å².